The summed E-state index contributed by atoms with van der Waals surface area (Å²) in [6, 6.07) is 13.3. The Morgan fingerprint density at radius 1 is 0.971 bits per heavy atom. The van der Waals surface area contributed by atoms with E-state index in [2.05, 4.69) is 35.9 Å². The van der Waals surface area contributed by atoms with Crippen LogP contribution < -0.4 is 15.2 Å². The predicted molar refractivity (Wildman–Crippen MR) is 128 cm³/mol. The molecule has 5 rings (SSSR count). The van der Waals surface area contributed by atoms with Crippen LogP contribution in [0.3, 0.4) is 0 Å². The molecular formula is C24H18BrFN6O2. The van der Waals surface area contributed by atoms with Crippen molar-refractivity contribution >= 4 is 27.4 Å². The summed E-state index contributed by atoms with van der Waals surface area (Å²) in [6.45, 7) is 2.01. The van der Waals surface area contributed by atoms with Gasteiger partial charge >= 0.3 is 0 Å². The van der Waals surface area contributed by atoms with E-state index >= 15 is 0 Å². The van der Waals surface area contributed by atoms with Crippen LogP contribution in [0.2, 0.25) is 0 Å². The second kappa shape index (κ2) is 9.06. The van der Waals surface area contributed by atoms with Gasteiger partial charge in [0.25, 0.3) is 0 Å². The highest BCUT2D eigenvalue weighted by molar-refractivity contribution is 9.10. The average molecular weight is 521 g/mol. The number of halogens is 2. The molecule has 0 amide bonds. The Morgan fingerprint density at radius 2 is 1.71 bits per heavy atom. The third kappa shape index (κ3) is 4.53. The molecule has 0 radical (unpaired) electrons. The summed E-state index contributed by atoms with van der Waals surface area (Å²) < 4.78 is 28.1. The fourth-order valence-electron chi connectivity index (χ4n) is 3.37. The van der Waals surface area contributed by atoms with E-state index in [0.29, 0.717) is 39.4 Å². The van der Waals surface area contributed by atoms with Crippen molar-refractivity contribution < 1.29 is 13.9 Å². The Hall–Kier alpha value is -4.05. The van der Waals surface area contributed by atoms with Gasteiger partial charge < -0.3 is 15.2 Å². The van der Waals surface area contributed by atoms with Crippen LogP contribution >= 0.6 is 15.9 Å². The first-order valence-corrected chi connectivity index (χ1v) is 11.0. The zero-order chi connectivity index (χ0) is 23.7. The van der Waals surface area contributed by atoms with Crippen molar-refractivity contribution in [2.45, 2.75) is 13.5 Å². The Labute approximate surface area is 202 Å². The van der Waals surface area contributed by atoms with Crippen LogP contribution in [0, 0.1) is 12.7 Å². The molecule has 3 heterocycles. The van der Waals surface area contributed by atoms with Gasteiger partial charge in [-0.05, 0) is 53.2 Å². The molecule has 2 aromatic carbocycles. The average Bonchev–Trinajstić information content (AvgIpc) is 3.17. The van der Waals surface area contributed by atoms with Gasteiger partial charge in [0.1, 0.15) is 45.9 Å². The SMILES string of the molecule is Cc1ncc(COc2cc(F)cc(Oc3ccc(-c4nc(Br)c5ccnc(N)n45)cc3)c2)cn1. The minimum absolute atomic E-state index is 0.212. The molecule has 0 aliphatic heterocycles. The summed E-state index contributed by atoms with van der Waals surface area (Å²) in [6.07, 6.45) is 4.97. The number of benzene rings is 2. The molecule has 3 aromatic heterocycles. The first-order chi connectivity index (χ1) is 16.5. The van der Waals surface area contributed by atoms with Crippen LogP contribution in [0.4, 0.5) is 10.3 Å². The fraction of sp³-hybridized carbons (Fsp3) is 0.0833. The first kappa shape index (κ1) is 21.8. The number of nitrogen functional groups attached to an aromatic ring is 1. The van der Waals surface area contributed by atoms with Crippen LogP contribution in [0.1, 0.15) is 11.4 Å². The van der Waals surface area contributed by atoms with Crippen LogP contribution in [0.15, 0.2) is 71.7 Å². The molecular weight excluding hydrogens is 503 g/mol. The standard InChI is InChI=1S/C24H18BrFN6O2/c1-14-29-11-15(12-30-14)13-33-19-8-17(26)9-20(10-19)34-18-4-2-16(3-5-18)23-31-22(25)21-6-7-28-24(27)32(21)23/h2-12H,13H2,1H3,(H2,27,28). The van der Waals surface area contributed by atoms with Gasteiger partial charge in [-0.2, -0.15) is 0 Å². The molecule has 5 aromatic rings. The van der Waals surface area contributed by atoms with E-state index in [9.17, 15) is 4.39 Å². The zero-order valence-corrected chi connectivity index (χ0v) is 19.5. The third-order valence-corrected chi connectivity index (χ3v) is 5.55. The van der Waals surface area contributed by atoms with Gasteiger partial charge in [0, 0.05) is 47.9 Å². The summed E-state index contributed by atoms with van der Waals surface area (Å²) in [4.78, 5) is 16.9. The maximum absolute atomic E-state index is 14.2. The summed E-state index contributed by atoms with van der Waals surface area (Å²) in [5, 5.41) is 0. The van der Waals surface area contributed by atoms with Gasteiger partial charge in [-0.25, -0.2) is 24.3 Å². The molecule has 0 aliphatic rings. The number of nitrogens with zero attached hydrogens (tertiary/aromatic N) is 5. The van der Waals surface area contributed by atoms with Crippen molar-refractivity contribution in [2.24, 2.45) is 0 Å². The highest BCUT2D eigenvalue weighted by atomic mass is 79.9. The van der Waals surface area contributed by atoms with Crippen molar-refractivity contribution in [3.05, 3.63) is 88.9 Å². The van der Waals surface area contributed by atoms with Gasteiger partial charge in [0.2, 0.25) is 5.95 Å². The second-order valence-corrected chi connectivity index (χ2v) is 8.18. The molecule has 0 saturated heterocycles. The van der Waals surface area contributed by atoms with E-state index in [0.717, 1.165) is 16.6 Å². The number of rotatable bonds is 6. The normalized spacial score (nSPS) is 11.0. The van der Waals surface area contributed by atoms with Gasteiger partial charge in [-0.15, -0.1) is 0 Å². The largest absolute Gasteiger partial charge is 0.489 e. The van der Waals surface area contributed by atoms with Crippen molar-refractivity contribution in [2.75, 3.05) is 5.73 Å². The Balaban J connectivity index is 1.34. The smallest absolute Gasteiger partial charge is 0.206 e. The summed E-state index contributed by atoms with van der Waals surface area (Å²) in [5.41, 5.74) is 8.46. The molecule has 34 heavy (non-hydrogen) atoms. The number of hydrogen-bond donors (Lipinski definition) is 1. The summed E-state index contributed by atoms with van der Waals surface area (Å²) in [5.74, 6) is 2.34. The van der Waals surface area contributed by atoms with Gasteiger partial charge in [-0.1, -0.05) is 0 Å². The number of imidazole rings is 1. The molecule has 170 valence electrons. The minimum atomic E-state index is -0.471. The van der Waals surface area contributed by atoms with E-state index in [-0.39, 0.29) is 6.61 Å². The highest BCUT2D eigenvalue weighted by Crippen LogP contribution is 2.31. The molecule has 0 aliphatic carbocycles. The summed E-state index contributed by atoms with van der Waals surface area (Å²) in [7, 11) is 0. The van der Waals surface area contributed by atoms with E-state index in [4.69, 9.17) is 15.2 Å². The number of hydrogen-bond acceptors (Lipinski definition) is 7. The van der Waals surface area contributed by atoms with Crippen LogP contribution in [0.5, 0.6) is 17.2 Å². The lowest BCUT2D eigenvalue weighted by molar-refractivity contribution is 0.301. The van der Waals surface area contributed by atoms with Gasteiger partial charge in [0.15, 0.2) is 0 Å². The molecule has 0 unspecified atom stereocenters. The minimum Gasteiger partial charge on any atom is -0.489 e. The monoisotopic (exact) mass is 520 g/mol. The van der Waals surface area contributed by atoms with Gasteiger partial charge in [-0.3, -0.25) is 4.40 Å². The summed E-state index contributed by atoms with van der Waals surface area (Å²) >= 11 is 3.46. The Bertz CT molecular complexity index is 1470. The Kier molecular flexibility index (Phi) is 5.81. The number of aromatic nitrogens is 5. The molecule has 0 spiro atoms. The van der Waals surface area contributed by atoms with Crippen molar-refractivity contribution in [1.82, 2.24) is 24.3 Å². The van der Waals surface area contributed by atoms with Crippen molar-refractivity contribution in [3.63, 3.8) is 0 Å². The number of aryl methyl sites for hydroxylation is 1. The second-order valence-electron chi connectivity index (χ2n) is 7.43. The van der Waals surface area contributed by atoms with Crippen LogP contribution in [-0.4, -0.2) is 24.3 Å². The highest BCUT2D eigenvalue weighted by Gasteiger charge is 2.14. The molecule has 0 atom stereocenters. The van der Waals surface area contributed by atoms with Crippen molar-refractivity contribution in [3.8, 4) is 28.6 Å². The number of nitrogens with two attached hydrogens (primary N) is 1. The molecule has 8 nitrogen and oxygen atoms in total. The lowest BCUT2D eigenvalue weighted by Gasteiger charge is -2.10. The molecule has 2 N–H and O–H groups in total. The van der Waals surface area contributed by atoms with Gasteiger partial charge in [0.05, 0.1) is 5.52 Å². The lowest BCUT2D eigenvalue weighted by atomic mass is 10.2. The van der Waals surface area contributed by atoms with E-state index in [1.54, 1.807) is 48.1 Å². The zero-order valence-electron chi connectivity index (χ0n) is 17.9. The fourth-order valence-corrected chi connectivity index (χ4v) is 3.84. The number of ether oxygens (including phenoxy) is 2. The van der Waals surface area contributed by atoms with Crippen LogP contribution in [-0.2, 0) is 6.61 Å². The number of anilines is 1. The van der Waals surface area contributed by atoms with E-state index in [1.165, 1.54) is 12.1 Å². The predicted octanol–water partition coefficient (Wildman–Crippen LogP) is 5.35. The Morgan fingerprint density at radius 3 is 2.47 bits per heavy atom. The molecule has 0 saturated carbocycles. The quantitative estimate of drug-likeness (QED) is 0.322. The maximum Gasteiger partial charge on any atom is 0.206 e. The molecule has 0 fully saturated rings. The molecule has 10 heteroatoms. The van der Waals surface area contributed by atoms with Crippen molar-refractivity contribution in [1.29, 1.82) is 0 Å². The van der Waals surface area contributed by atoms with Crippen LogP contribution in [0.25, 0.3) is 16.9 Å². The maximum atomic E-state index is 14.2. The van der Waals surface area contributed by atoms with E-state index in [1.807, 2.05) is 18.2 Å². The third-order valence-electron chi connectivity index (χ3n) is 4.97. The van der Waals surface area contributed by atoms with E-state index < -0.39 is 5.82 Å². The number of fused-ring (bicyclic) bond motifs is 1. The topological polar surface area (TPSA) is 100 Å². The molecule has 0 bridgehead atoms. The lowest BCUT2D eigenvalue weighted by Crippen LogP contribution is -2.01. The first-order valence-electron chi connectivity index (χ1n) is 10.2.